The van der Waals surface area contributed by atoms with Gasteiger partial charge in [-0.1, -0.05) is 25.1 Å². The Morgan fingerprint density at radius 2 is 1.96 bits per heavy atom. The topological polar surface area (TPSA) is 77.5 Å². The number of hydrogen-bond donors (Lipinski definition) is 2. The summed E-state index contributed by atoms with van der Waals surface area (Å²) in [5.41, 5.74) is 11.6. The van der Waals surface area contributed by atoms with Gasteiger partial charge in [0.1, 0.15) is 11.4 Å². The molecule has 0 spiro atoms. The first kappa shape index (κ1) is 18.6. The summed E-state index contributed by atoms with van der Waals surface area (Å²) in [6.45, 7) is 2.78. The monoisotopic (exact) mass is 379 g/mol. The van der Waals surface area contributed by atoms with Gasteiger partial charge < -0.3 is 10.5 Å². The van der Waals surface area contributed by atoms with Gasteiger partial charge in [0, 0.05) is 17.3 Å². The molecule has 1 aromatic heterocycles. The Labute approximate surface area is 163 Å². The summed E-state index contributed by atoms with van der Waals surface area (Å²) >= 11 is 4.79. The maximum absolute atomic E-state index is 5.65. The minimum Gasteiger partial charge on any atom is -0.494 e. The van der Waals surface area contributed by atoms with Gasteiger partial charge in [-0.25, -0.2) is 4.68 Å². The molecular formula is C20H21N5OS. The molecule has 0 unspecified atom stereocenters. The molecule has 3 N–H and O–H groups in total. The van der Waals surface area contributed by atoms with Crippen LogP contribution in [0.1, 0.15) is 18.9 Å². The smallest absolute Gasteiger partial charge is 0.184 e. The molecule has 2 aromatic carbocycles. The highest BCUT2D eigenvalue weighted by molar-refractivity contribution is 7.80. The lowest BCUT2D eigenvalue weighted by Gasteiger charge is -2.05. The third kappa shape index (κ3) is 4.92. The van der Waals surface area contributed by atoms with Crippen molar-refractivity contribution >= 4 is 23.5 Å². The molecule has 0 bridgehead atoms. The lowest BCUT2D eigenvalue weighted by Crippen LogP contribution is -2.24. The maximum Gasteiger partial charge on any atom is 0.184 e. The number of nitrogens with one attached hydrogen (secondary N) is 1. The minimum absolute atomic E-state index is 0.112. The first-order valence-corrected chi connectivity index (χ1v) is 9.05. The normalized spacial score (nSPS) is 10.9. The second-order valence-corrected chi connectivity index (χ2v) is 6.26. The van der Waals surface area contributed by atoms with Gasteiger partial charge in [0.05, 0.1) is 18.5 Å². The van der Waals surface area contributed by atoms with Gasteiger partial charge in [0.2, 0.25) is 0 Å². The van der Waals surface area contributed by atoms with E-state index in [1.54, 1.807) is 6.21 Å². The zero-order valence-electron chi connectivity index (χ0n) is 15.0. The van der Waals surface area contributed by atoms with Crippen LogP contribution in [0.2, 0.25) is 0 Å². The summed E-state index contributed by atoms with van der Waals surface area (Å²) in [5.74, 6) is 0.841. The number of benzene rings is 2. The summed E-state index contributed by atoms with van der Waals surface area (Å²) in [7, 11) is 0. The molecule has 27 heavy (non-hydrogen) atoms. The van der Waals surface area contributed by atoms with Gasteiger partial charge in [0.25, 0.3) is 0 Å². The Balaban J connectivity index is 1.95. The fourth-order valence-electron chi connectivity index (χ4n) is 2.51. The second kappa shape index (κ2) is 8.95. The molecular weight excluding hydrogens is 358 g/mol. The Morgan fingerprint density at radius 1 is 1.22 bits per heavy atom. The summed E-state index contributed by atoms with van der Waals surface area (Å²) < 4.78 is 7.47. The van der Waals surface area contributed by atoms with Crippen LogP contribution in [0.4, 0.5) is 0 Å². The van der Waals surface area contributed by atoms with E-state index in [-0.39, 0.29) is 5.11 Å². The van der Waals surface area contributed by atoms with Crippen LogP contribution in [-0.4, -0.2) is 27.7 Å². The molecule has 0 radical (unpaired) electrons. The van der Waals surface area contributed by atoms with Gasteiger partial charge in [0.15, 0.2) is 5.11 Å². The van der Waals surface area contributed by atoms with E-state index < -0.39 is 0 Å². The van der Waals surface area contributed by atoms with E-state index >= 15 is 0 Å². The molecule has 0 aliphatic heterocycles. The molecule has 0 saturated heterocycles. The van der Waals surface area contributed by atoms with Crippen molar-refractivity contribution < 1.29 is 4.74 Å². The number of para-hydroxylation sites is 1. The average Bonchev–Trinajstić information content (AvgIpc) is 3.11. The molecule has 3 aromatic rings. The van der Waals surface area contributed by atoms with Crippen molar-refractivity contribution in [3.05, 3.63) is 66.4 Å². The van der Waals surface area contributed by atoms with Crippen LogP contribution in [0.25, 0.3) is 16.9 Å². The molecule has 0 fully saturated rings. The van der Waals surface area contributed by atoms with Crippen LogP contribution in [0.5, 0.6) is 5.75 Å². The Bertz CT molecular complexity index is 919. The highest BCUT2D eigenvalue weighted by Crippen LogP contribution is 2.25. The molecule has 138 valence electrons. The SMILES string of the molecule is CCCOc1ccc(-c2nn(-c3ccccc3)cc2/C=N\NC(N)=S)cc1. The highest BCUT2D eigenvalue weighted by atomic mass is 32.1. The van der Waals surface area contributed by atoms with E-state index in [4.69, 9.17) is 27.8 Å². The lowest BCUT2D eigenvalue weighted by atomic mass is 10.1. The highest BCUT2D eigenvalue weighted by Gasteiger charge is 2.11. The van der Waals surface area contributed by atoms with Crippen LogP contribution in [-0.2, 0) is 0 Å². The van der Waals surface area contributed by atoms with E-state index in [1.807, 2.05) is 65.5 Å². The van der Waals surface area contributed by atoms with Gasteiger partial charge in [-0.05, 0) is 55.0 Å². The third-order valence-corrected chi connectivity index (χ3v) is 3.83. The van der Waals surface area contributed by atoms with Crippen LogP contribution >= 0.6 is 12.2 Å². The van der Waals surface area contributed by atoms with Gasteiger partial charge in [-0.15, -0.1) is 0 Å². The van der Waals surface area contributed by atoms with Gasteiger partial charge in [-0.3, -0.25) is 5.43 Å². The summed E-state index contributed by atoms with van der Waals surface area (Å²) in [6, 6.07) is 17.8. The molecule has 0 atom stereocenters. The molecule has 0 aliphatic rings. The van der Waals surface area contributed by atoms with E-state index in [2.05, 4.69) is 17.5 Å². The predicted molar refractivity (Wildman–Crippen MR) is 112 cm³/mol. The molecule has 0 saturated carbocycles. The average molecular weight is 379 g/mol. The maximum atomic E-state index is 5.65. The summed E-state index contributed by atoms with van der Waals surface area (Å²) in [4.78, 5) is 0. The Kier molecular flexibility index (Phi) is 6.17. The van der Waals surface area contributed by atoms with E-state index in [0.717, 1.165) is 34.7 Å². The fraction of sp³-hybridized carbons (Fsp3) is 0.150. The molecule has 7 heteroatoms. The van der Waals surface area contributed by atoms with Crippen molar-refractivity contribution in [2.75, 3.05) is 6.61 Å². The van der Waals surface area contributed by atoms with Crippen LogP contribution in [0.15, 0.2) is 65.9 Å². The minimum atomic E-state index is 0.112. The zero-order valence-corrected chi connectivity index (χ0v) is 15.8. The van der Waals surface area contributed by atoms with E-state index in [9.17, 15) is 0 Å². The van der Waals surface area contributed by atoms with Crippen molar-refractivity contribution in [3.63, 3.8) is 0 Å². The van der Waals surface area contributed by atoms with Crippen molar-refractivity contribution in [1.82, 2.24) is 15.2 Å². The number of aromatic nitrogens is 2. The van der Waals surface area contributed by atoms with Crippen molar-refractivity contribution in [1.29, 1.82) is 0 Å². The molecule has 6 nitrogen and oxygen atoms in total. The number of nitrogens with zero attached hydrogens (tertiary/aromatic N) is 3. The van der Waals surface area contributed by atoms with Crippen LogP contribution < -0.4 is 15.9 Å². The number of hydrogen-bond acceptors (Lipinski definition) is 4. The third-order valence-electron chi connectivity index (χ3n) is 3.74. The second-order valence-electron chi connectivity index (χ2n) is 5.82. The van der Waals surface area contributed by atoms with Crippen molar-refractivity contribution in [2.24, 2.45) is 10.8 Å². The van der Waals surface area contributed by atoms with Gasteiger partial charge in [-0.2, -0.15) is 10.2 Å². The van der Waals surface area contributed by atoms with E-state index in [0.29, 0.717) is 6.61 Å². The van der Waals surface area contributed by atoms with Gasteiger partial charge >= 0.3 is 0 Å². The molecule has 1 heterocycles. The number of rotatable bonds is 7. The van der Waals surface area contributed by atoms with Crippen molar-refractivity contribution in [3.8, 4) is 22.7 Å². The zero-order chi connectivity index (χ0) is 19.1. The van der Waals surface area contributed by atoms with Crippen LogP contribution in [0, 0.1) is 0 Å². The first-order valence-electron chi connectivity index (χ1n) is 8.64. The first-order chi connectivity index (χ1) is 13.2. The summed E-state index contributed by atoms with van der Waals surface area (Å²) in [6.07, 6.45) is 4.54. The van der Waals surface area contributed by atoms with Crippen molar-refractivity contribution in [2.45, 2.75) is 13.3 Å². The molecule has 0 aliphatic carbocycles. The Morgan fingerprint density at radius 3 is 2.63 bits per heavy atom. The molecule has 3 rings (SSSR count). The standard InChI is InChI=1S/C20H21N5OS/c1-2-12-26-18-10-8-15(9-11-18)19-16(13-22-23-20(21)27)14-25(24-19)17-6-4-3-5-7-17/h3-11,13-14H,2,12H2,1H3,(H3,21,23,27)/b22-13-. The van der Waals surface area contributed by atoms with Crippen LogP contribution in [0.3, 0.4) is 0 Å². The largest absolute Gasteiger partial charge is 0.494 e. The fourth-order valence-corrected chi connectivity index (χ4v) is 2.57. The van der Waals surface area contributed by atoms with E-state index in [1.165, 1.54) is 0 Å². The quantitative estimate of drug-likeness (QED) is 0.373. The number of nitrogens with two attached hydrogens (primary N) is 1. The number of ether oxygens (including phenoxy) is 1. The number of thiocarbonyl (C=S) groups is 1. The number of hydrazone groups is 1. The molecule has 0 amide bonds. The predicted octanol–water partition coefficient (Wildman–Crippen LogP) is 3.50. The summed E-state index contributed by atoms with van der Waals surface area (Å²) in [5, 5.41) is 8.92. The Hall–Kier alpha value is -3.19. The lowest BCUT2D eigenvalue weighted by molar-refractivity contribution is 0.317.